The maximum atomic E-state index is 9.88. The van der Waals surface area contributed by atoms with Crippen molar-refractivity contribution in [2.75, 3.05) is 40.5 Å². The van der Waals surface area contributed by atoms with Crippen molar-refractivity contribution in [1.82, 2.24) is 4.90 Å². The second kappa shape index (κ2) is 6.08. The van der Waals surface area contributed by atoms with Crippen molar-refractivity contribution in [3.05, 3.63) is 17.7 Å². The van der Waals surface area contributed by atoms with Crippen LogP contribution < -0.4 is 9.47 Å². The summed E-state index contributed by atoms with van der Waals surface area (Å²) in [5.41, 5.74) is 0.795. The Hall–Kier alpha value is -1.53. The molecule has 6 heteroatoms. The van der Waals surface area contributed by atoms with E-state index in [1.807, 2.05) is 0 Å². The van der Waals surface area contributed by atoms with E-state index in [9.17, 15) is 5.11 Å². The molecule has 0 saturated carbocycles. The van der Waals surface area contributed by atoms with Crippen LogP contribution in [-0.2, 0) is 4.74 Å². The summed E-state index contributed by atoms with van der Waals surface area (Å²) in [6.07, 6.45) is 0. The van der Waals surface area contributed by atoms with Gasteiger partial charge in [-0.15, -0.1) is 0 Å². The van der Waals surface area contributed by atoms with Crippen LogP contribution in [-0.4, -0.2) is 55.5 Å². The first-order valence-electron chi connectivity index (χ1n) is 5.99. The van der Waals surface area contributed by atoms with Crippen LogP contribution in [0.15, 0.2) is 12.1 Å². The Morgan fingerprint density at radius 3 is 2.21 bits per heavy atom. The van der Waals surface area contributed by atoms with Gasteiger partial charge in [0.1, 0.15) is 4.99 Å². The fourth-order valence-electron chi connectivity index (χ4n) is 1.97. The molecular weight excluding hydrogens is 266 g/mol. The van der Waals surface area contributed by atoms with Crippen LogP contribution in [0.1, 0.15) is 5.56 Å². The quantitative estimate of drug-likeness (QED) is 0.847. The van der Waals surface area contributed by atoms with E-state index >= 15 is 0 Å². The highest BCUT2D eigenvalue weighted by atomic mass is 32.1. The van der Waals surface area contributed by atoms with E-state index in [4.69, 9.17) is 26.4 Å². The van der Waals surface area contributed by atoms with Gasteiger partial charge in [0.15, 0.2) is 11.5 Å². The minimum Gasteiger partial charge on any atom is -0.502 e. The molecule has 1 aromatic rings. The molecule has 1 saturated heterocycles. The SMILES string of the molecule is COc1cc(C(=S)N2CCOCC2)cc(OC)c1O. The lowest BCUT2D eigenvalue weighted by atomic mass is 10.1. The van der Waals surface area contributed by atoms with Gasteiger partial charge < -0.3 is 24.2 Å². The highest BCUT2D eigenvalue weighted by Crippen LogP contribution is 2.37. The number of benzene rings is 1. The van der Waals surface area contributed by atoms with Crippen molar-refractivity contribution in [2.45, 2.75) is 0 Å². The van der Waals surface area contributed by atoms with Crippen LogP contribution in [0, 0.1) is 0 Å². The Kier molecular flexibility index (Phi) is 4.44. The van der Waals surface area contributed by atoms with Crippen LogP contribution >= 0.6 is 12.2 Å². The van der Waals surface area contributed by atoms with Crippen LogP contribution in [0.3, 0.4) is 0 Å². The molecule has 1 fully saturated rings. The number of thiocarbonyl (C=S) groups is 1. The number of morpholine rings is 1. The molecule has 0 aliphatic carbocycles. The highest BCUT2D eigenvalue weighted by molar-refractivity contribution is 7.80. The van der Waals surface area contributed by atoms with Crippen LogP contribution in [0.5, 0.6) is 17.2 Å². The molecule has 0 aromatic heterocycles. The standard InChI is InChI=1S/C13H17NO4S/c1-16-10-7-9(8-11(17-2)12(10)15)13(19)14-3-5-18-6-4-14/h7-8,15H,3-6H2,1-2H3. The molecule has 0 amide bonds. The van der Waals surface area contributed by atoms with Crippen molar-refractivity contribution in [1.29, 1.82) is 0 Å². The predicted molar refractivity (Wildman–Crippen MR) is 75.3 cm³/mol. The fraction of sp³-hybridized carbons (Fsp3) is 0.462. The maximum Gasteiger partial charge on any atom is 0.200 e. The van der Waals surface area contributed by atoms with E-state index < -0.39 is 0 Å². The summed E-state index contributed by atoms with van der Waals surface area (Å²) in [5, 5.41) is 9.88. The van der Waals surface area contributed by atoms with E-state index in [1.54, 1.807) is 12.1 Å². The monoisotopic (exact) mass is 283 g/mol. The van der Waals surface area contributed by atoms with E-state index in [1.165, 1.54) is 14.2 Å². The number of aromatic hydroxyl groups is 1. The number of hydrogen-bond donors (Lipinski definition) is 1. The molecule has 1 heterocycles. The molecule has 19 heavy (non-hydrogen) atoms. The maximum absolute atomic E-state index is 9.88. The van der Waals surface area contributed by atoms with Crippen molar-refractivity contribution >= 4 is 17.2 Å². The van der Waals surface area contributed by atoms with E-state index in [2.05, 4.69) is 4.90 Å². The number of nitrogens with zero attached hydrogens (tertiary/aromatic N) is 1. The Balaban J connectivity index is 2.30. The van der Waals surface area contributed by atoms with E-state index in [0.29, 0.717) is 29.7 Å². The van der Waals surface area contributed by atoms with Crippen LogP contribution in [0.25, 0.3) is 0 Å². The Morgan fingerprint density at radius 2 is 1.74 bits per heavy atom. The first kappa shape index (κ1) is 13.9. The number of ether oxygens (including phenoxy) is 3. The average molecular weight is 283 g/mol. The van der Waals surface area contributed by atoms with Crippen molar-refractivity contribution in [3.63, 3.8) is 0 Å². The molecule has 0 spiro atoms. The summed E-state index contributed by atoms with van der Waals surface area (Å²) in [7, 11) is 2.99. The molecular formula is C13H17NO4S. The third kappa shape index (κ3) is 2.90. The second-order valence-corrected chi connectivity index (χ2v) is 4.52. The summed E-state index contributed by atoms with van der Waals surface area (Å²) < 4.78 is 15.6. The normalized spacial score (nSPS) is 15.2. The largest absolute Gasteiger partial charge is 0.502 e. The lowest BCUT2D eigenvalue weighted by molar-refractivity contribution is 0.0693. The van der Waals surface area contributed by atoms with Gasteiger partial charge >= 0.3 is 0 Å². The zero-order valence-electron chi connectivity index (χ0n) is 11.0. The van der Waals surface area contributed by atoms with Crippen molar-refractivity contribution in [2.24, 2.45) is 0 Å². The summed E-state index contributed by atoms with van der Waals surface area (Å²) in [4.78, 5) is 2.78. The molecule has 1 aromatic carbocycles. The minimum absolute atomic E-state index is 0.0153. The third-order valence-corrected chi connectivity index (χ3v) is 3.52. The first-order chi connectivity index (χ1) is 9.17. The molecule has 1 N–H and O–H groups in total. The molecule has 1 aliphatic rings. The number of rotatable bonds is 3. The zero-order chi connectivity index (χ0) is 13.8. The van der Waals surface area contributed by atoms with Gasteiger partial charge in [-0.05, 0) is 12.1 Å². The molecule has 0 radical (unpaired) electrons. The molecule has 0 unspecified atom stereocenters. The number of phenolic OH excluding ortho intramolecular Hbond substituents is 1. The number of hydrogen-bond acceptors (Lipinski definition) is 5. The van der Waals surface area contributed by atoms with Gasteiger partial charge in [-0.25, -0.2) is 0 Å². The van der Waals surface area contributed by atoms with Gasteiger partial charge in [0.05, 0.1) is 27.4 Å². The van der Waals surface area contributed by atoms with Crippen LogP contribution in [0.2, 0.25) is 0 Å². The third-order valence-electron chi connectivity index (χ3n) is 3.03. The highest BCUT2D eigenvalue weighted by Gasteiger charge is 2.19. The average Bonchev–Trinajstić information content (AvgIpc) is 2.47. The summed E-state index contributed by atoms with van der Waals surface area (Å²) >= 11 is 5.48. The minimum atomic E-state index is -0.0153. The molecule has 1 aliphatic heterocycles. The van der Waals surface area contributed by atoms with Crippen LogP contribution in [0.4, 0.5) is 0 Å². The van der Waals surface area contributed by atoms with Gasteiger partial charge in [0.25, 0.3) is 0 Å². The number of phenols is 1. The lowest BCUT2D eigenvalue weighted by Crippen LogP contribution is -2.40. The Bertz CT molecular complexity index is 447. The Morgan fingerprint density at radius 1 is 1.21 bits per heavy atom. The number of methoxy groups -OCH3 is 2. The van der Waals surface area contributed by atoms with Gasteiger partial charge in [-0.3, -0.25) is 0 Å². The summed E-state index contributed by atoms with van der Waals surface area (Å²) in [6.45, 7) is 2.88. The van der Waals surface area contributed by atoms with Crippen molar-refractivity contribution in [3.8, 4) is 17.2 Å². The van der Waals surface area contributed by atoms with E-state index in [-0.39, 0.29) is 5.75 Å². The zero-order valence-corrected chi connectivity index (χ0v) is 11.8. The molecule has 5 nitrogen and oxygen atoms in total. The molecule has 2 rings (SSSR count). The van der Waals surface area contributed by atoms with Crippen molar-refractivity contribution < 1.29 is 19.3 Å². The molecule has 104 valence electrons. The van der Waals surface area contributed by atoms with Gasteiger partial charge in [-0.2, -0.15) is 0 Å². The molecule has 0 bridgehead atoms. The van der Waals surface area contributed by atoms with Gasteiger partial charge in [0.2, 0.25) is 5.75 Å². The van der Waals surface area contributed by atoms with Gasteiger partial charge in [0, 0.05) is 18.7 Å². The molecule has 0 atom stereocenters. The Labute approximate surface area is 117 Å². The smallest absolute Gasteiger partial charge is 0.200 e. The lowest BCUT2D eigenvalue weighted by Gasteiger charge is -2.29. The summed E-state index contributed by atoms with van der Waals surface area (Å²) in [5.74, 6) is 0.688. The summed E-state index contributed by atoms with van der Waals surface area (Å²) in [6, 6.07) is 3.44. The van der Waals surface area contributed by atoms with Gasteiger partial charge in [-0.1, -0.05) is 12.2 Å². The predicted octanol–water partition coefficient (Wildman–Crippen LogP) is 1.42. The fourth-order valence-corrected chi connectivity index (χ4v) is 2.27. The first-order valence-corrected chi connectivity index (χ1v) is 6.40. The second-order valence-electron chi connectivity index (χ2n) is 4.13. The van der Waals surface area contributed by atoms with E-state index in [0.717, 1.165) is 18.7 Å². The topological polar surface area (TPSA) is 51.2 Å².